The highest BCUT2D eigenvalue weighted by atomic mass is 16.1. The van der Waals surface area contributed by atoms with Gasteiger partial charge in [0.15, 0.2) is 0 Å². The molecule has 0 fully saturated rings. The van der Waals surface area contributed by atoms with Crippen molar-refractivity contribution in [1.29, 1.82) is 0 Å². The van der Waals surface area contributed by atoms with Gasteiger partial charge in [0.1, 0.15) is 6.29 Å². The number of hydrogen-bond acceptors (Lipinski definition) is 2. The van der Waals surface area contributed by atoms with Crippen LogP contribution in [-0.2, 0) is 9.59 Å². The summed E-state index contributed by atoms with van der Waals surface area (Å²) in [5.41, 5.74) is 5.09. The van der Waals surface area contributed by atoms with Gasteiger partial charge < -0.3 is 10.5 Å². The Hall–Kier alpha value is -0.860. The summed E-state index contributed by atoms with van der Waals surface area (Å²) in [5, 5.41) is 0. The third-order valence-electron chi connectivity index (χ3n) is 3.75. The lowest BCUT2D eigenvalue weighted by Crippen LogP contribution is -2.09. The van der Waals surface area contributed by atoms with Gasteiger partial charge in [-0.25, -0.2) is 0 Å². The van der Waals surface area contributed by atoms with E-state index in [0.29, 0.717) is 6.42 Å². The van der Waals surface area contributed by atoms with Crippen LogP contribution >= 0.6 is 0 Å². The van der Waals surface area contributed by atoms with Crippen molar-refractivity contribution in [2.75, 3.05) is 0 Å². The predicted molar refractivity (Wildman–Crippen MR) is 84.5 cm³/mol. The minimum Gasteiger partial charge on any atom is -0.370 e. The third-order valence-corrected chi connectivity index (χ3v) is 3.75. The molecule has 0 saturated heterocycles. The lowest BCUT2D eigenvalue weighted by atomic mass is 10.0. The van der Waals surface area contributed by atoms with Gasteiger partial charge in [0.25, 0.3) is 0 Å². The number of rotatable bonds is 16. The molecular weight excluding hydrogens is 250 g/mol. The molecule has 0 saturated carbocycles. The summed E-state index contributed by atoms with van der Waals surface area (Å²) < 4.78 is 0. The van der Waals surface area contributed by atoms with Crippen LogP contribution in [0.3, 0.4) is 0 Å². The standard InChI is InChI=1S/C17H33NO2/c18-17(20)15-13-11-9-7-5-3-1-2-4-6-8-10-12-14-16-19/h16H,1-15H2,(H2,18,20). The first-order valence-corrected chi connectivity index (χ1v) is 8.49. The second-order valence-corrected chi connectivity index (χ2v) is 5.77. The summed E-state index contributed by atoms with van der Waals surface area (Å²) in [5.74, 6) is -0.170. The molecule has 0 heterocycles. The first-order valence-electron chi connectivity index (χ1n) is 8.49. The Morgan fingerprint density at radius 2 is 1.00 bits per heavy atom. The van der Waals surface area contributed by atoms with E-state index in [0.717, 1.165) is 32.0 Å². The fourth-order valence-electron chi connectivity index (χ4n) is 2.47. The van der Waals surface area contributed by atoms with Gasteiger partial charge in [-0.05, 0) is 12.8 Å². The summed E-state index contributed by atoms with van der Waals surface area (Å²) in [4.78, 5) is 20.7. The Balaban J connectivity index is 2.95. The van der Waals surface area contributed by atoms with Gasteiger partial charge in [-0.3, -0.25) is 4.79 Å². The van der Waals surface area contributed by atoms with Gasteiger partial charge in [-0.15, -0.1) is 0 Å². The van der Waals surface area contributed by atoms with Crippen molar-refractivity contribution in [3.8, 4) is 0 Å². The van der Waals surface area contributed by atoms with Gasteiger partial charge in [-0.1, -0.05) is 70.6 Å². The van der Waals surface area contributed by atoms with Crippen molar-refractivity contribution >= 4 is 12.2 Å². The minimum atomic E-state index is -0.170. The molecule has 3 heteroatoms. The van der Waals surface area contributed by atoms with Crippen molar-refractivity contribution in [3.05, 3.63) is 0 Å². The molecule has 3 nitrogen and oxygen atoms in total. The fourth-order valence-corrected chi connectivity index (χ4v) is 2.47. The fraction of sp³-hybridized carbons (Fsp3) is 0.882. The number of nitrogens with two attached hydrogens (primary N) is 1. The number of carbonyl (C=O) groups excluding carboxylic acids is 2. The van der Waals surface area contributed by atoms with Crippen LogP contribution in [0.4, 0.5) is 0 Å². The van der Waals surface area contributed by atoms with Crippen LogP contribution in [0.5, 0.6) is 0 Å². The molecule has 0 spiro atoms. The van der Waals surface area contributed by atoms with E-state index in [2.05, 4.69) is 0 Å². The number of hydrogen-bond donors (Lipinski definition) is 1. The highest BCUT2D eigenvalue weighted by molar-refractivity contribution is 5.73. The van der Waals surface area contributed by atoms with Crippen LogP contribution in [-0.4, -0.2) is 12.2 Å². The zero-order valence-corrected chi connectivity index (χ0v) is 13.1. The number of amides is 1. The molecule has 0 rings (SSSR count). The highest BCUT2D eigenvalue weighted by Crippen LogP contribution is 2.13. The van der Waals surface area contributed by atoms with Crippen LogP contribution in [0.15, 0.2) is 0 Å². The minimum absolute atomic E-state index is 0.170. The SMILES string of the molecule is NC(=O)CCCCCCCCCCCCCCCC=O. The Kier molecular flexibility index (Phi) is 15.5. The van der Waals surface area contributed by atoms with Crippen LogP contribution in [0.2, 0.25) is 0 Å². The van der Waals surface area contributed by atoms with Crippen LogP contribution < -0.4 is 5.73 Å². The van der Waals surface area contributed by atoms with Gasteiger partial charge >= 0.3 is 0 Å². The van der Waals surface area contributed by atoms with Crippen molar-refractivity contribution < 1.29 is 9.59 Å². The predicted octanol–water partition coefficient (Wildman–Crippen LogP) is 4.52. The largest absolute Gasteiger partial charge is 0.370 e. The maximum absolute atomic E-state index is 10.5. The third kappa shape index (κ3) is 17.1. The van der Waals surface area contributed by atoms with Crippen molar-refractivity contribution in [2.24, 2.45) is 5.73 Å². The second kappa shape index (κ2) is 16.2. The summed E-state index contributed by atoms with van der Waals surface area (Å²) >= 11 is 0. The first-order chi connectivity index (χ1) is 9.77. The lowest BCUT2D eigenvalue weighted by molar-refractivity contribution is -0.118. The number of unbranched alkanes of at least 4 members (excludes halogenated alkanes) is 13. The maximum atomic E-state index is 10.5. The molecule has 0 atom stereocenters. The molecule has 0 unspecified atom stereocenters. The van der Waals surface area contributed by atoms with Crippen LogP contribution in [0, 0.1) is 0 Å². The summed E-state index contributed by atoms with van der Waals surface area (Å²) in [6.45, 7) is 0. The Bertz CT molecular complexity index is 229. The van der Waals surface area contributed by atoms with E-state index in [4.69, 9.17) is 5.73 Å². The second-order valence-electron chi connectivity index (χ2n) is 5.77. The van der Waals surface area contributed by atoms with E-state index < -0.39 is 0 Å². The van der Waals surface area contributed by atoms with E-state index >= 15 is 0 Å². The molecule has 1 amide bonds. The first kappa shape index (κ1) is 19.1. The number of carbonyl (C=O) groups is 2. The molecule has 0 aliphatic carbocycles. The normalized spacial score (nSPS) is 10.6. The monoisotopic (exact) mass is 283 g/mol. The van der Waals surface area contributed by atoms with E-state index in [1.807, 2.05) is 0 Å². The van der Waals surface area contributed by atoms with Gasteiger partial charge in [-0.2, -0.15) is 0 Å². The van der Waals surface area contributed by atoms with Crippen LogP contribution in [0.25, 0.3) is 0 Å². The Morgan fingerprint density at radius 1 is 0.650 bits per heavy atom. The molecule has 2 N–H and O–H groups in total. The molecular formula is C17H33NO2. The average molecular weight is 283 g/mol. The summed E-state index contributed by atoms with van der Waals surface area (Å²) in [6, 6.07) is 0. The zero-order chi connectivity index (χ0) is 14.9. The summed E-state index contributed by atoms with van der Waals surface area (Å²) in [7, 11) is 0. The average Bonchev–Trinajstić information content (AvgIpc) is 2.43. The molecule has 0 aromatic heterocycles. The molecule has 0 aliphatic heterocycles. The maximum Gasteiger partial charge on any atom is 0.217 e. The van der Waals surface area contributed by atoms with Crippen LogP contribution in [0.1, 0.15) is 96.3 Å². The van der Waals surface area contributed by atoms with E-state index in [9.17, 15) is 9.59 Å². The van der Waals surface area contributed by atoms with Crippen molar-refractivity contribution in [2.45, 2.75) is 96.3 Å². The number of primary amides is 1. The smallest absolute Gasteiger partial charge is 0.217 e. The number of aldehydes is 1. The zero-order valence-electron chi connectivity index (χ0n) is 13.1. The molecule has 0 bridgehead atoms. The van der Waals surface area contributed by atoms with E-state index in [-0.39, 0.29) is 5.91 Å². The topological polar surface area (TPSA) is 60.2 Å². The van der Waals surface area contributed by atoms with Gasteiger partial charge in [0.05, 0.1) is 0 Å². The highest BCUT2D eigenvalue weighted by Gasteiger charge is 1.96. The van der Waals surface area contributed by atoms with Crippen molar-refractivity contribution in [3.63, 3.8) is 0 Å². The van der Waals surface area contributed by atoms with Gasteiger partial charge in [0, 0.05) is 12.8 Å². The quantitative estimate of drug-likeness (QED) is 0.334. The van der Waals surface area contributed by atoms with E-state index in [1.165, 1.54) is 64.2 Å². The molecule has 0 aromatic carbocycles. The molecule has 0 aromatic rings. The summed E-state index contributed by atoms with van der Waals surface area (Å²) in [6.07, 6.45) is 18.6. The Labute approximate surface area is 124 Å². The molecule has 0 aliphatic rings. The van der Waals surface area contributed by atoms with Gasteiger partial charge in [0.2, 0.25) is 5.91 Å². The van der Waals surface area contributed by atoms with Crippen molar-refractivity contribution in [1.82, 2.24) is 0 Å². The molecule has 20 heavy (non-hydrogen) atoms. The Morgan fingerprint density at radius 3 is 1.35 bits per heavy atom. The van der Waals surface area contributed by atoms with E-state index in [1.54, 1.807) is 0 Å². The lowest BCUT2D eigenvalue weighted by Gasteiger charge is -2.02. The molecule has 0 radical (unpaired) electrons. The molecule has 118 valence electrons.